The number of amides is 1. The van der Waals surface area contributed by atoms with Crippen LogP contribution in [-0.4, -0.2) is 27.3 Å². The Kier molecular flexibility index (Phi) is 3.49. The number of hydrogen-bond donors (Lipinski definition) is 0. The normalized spacial score (nSPS) is 10.2. The molecule has 5 heteroatoms. The molecule has 2 aromatic heterocycles. The Balaban J connectivity index is 2.11. The van der Waals surface area contributed by atoms with Gasteiger partial charge in [0.15, 0.2) is 0 Å². The second-order valence-electron chi connectivity index (χ2n) is 3.49. The van der Waals surface area contributed by atoms with Crippen molar-refractivity contribution >= 4 is 5.91 Å². The predicted octanol–water partition coefficient (Wildman–Crippen LogP) is 1.73. The first-order valence-electron chi connectivity index (χ1n) is 5.39. The van der Waals surface area contributed by atoms with Gasteiger partial charge in [-0.15, -0.1) is 0 Å². The summed E-state index contributed by atoms with van der Waals surface area (Å²) in [6, 6.07) is 3.64. The molecular formula is C12H13N3O2. The molecular weight excluding hydrogens is 218 g/mol. The van der Waals surface area contributed by atoms with Crippen LogP contribution in [0.3, 0.4) is 0 Å². The average Bonchev–Trinajstić information content (AvgIpc) is 2.89. The molecule has 0 saturated heterocycles. The van der Waals surface area contributed by atoms with Crippen molar-refractivity contribution in [2.24, 2.45) is 0 Å². The van der Waals surface area contributed by atoms with Crippen LogP contribution in [0.4, 0.5) is 0 Å². The minimum Gasteiger partial charge on any atom is -0.467 e. The van der Waals surface area contributed by atoms with Gasteiger partial charge >= 0.3 is 0 Å². The second-order valence-corrected chi connectivity index (χ2v) is 3.49. The van der Waals surface area contributed by atoms with E-state index in [1.165, 1.54) is 12.4 Å². The van der Waals surface area contributed by atoms with Gasteiger partial charge in [0.2, 0.25) is 0 Å². The van der Waals surface area contributed by atoms with Gasteiger partial charge in [-0.2, -0.15) is 0 Å². The standard InChI is InChI=1S/C12H13N3O2/c1-2-15(9-10-4-3-7-17-10)12(16)11-8-13-5-6-14-11/h3-8H,2,9H2,1H3. The van der Waals surface area contributed by atoms with Crippen LogP contribution in [0, 0.1) is 0 Å². The summed E-state index contributed by atoms with van der Waals surface area (Å²) in [5.41, 5.74) is 0.348. The minimum absolute atomic E-state index is 0.142. The lowest BCUT2D eigenvalue weighted by atomic mass is 10.3. The zero-order valence-corrected chi connectivity index (χ0v) is 9.54. The van der Waals surface area contributed by atoms with Crippen molar-refractivity contribution < 1.29 is 9.21 Å². The van der Waals surface area contributed by atoms with E-state index in [0.29, 0.717) is 18.8 Å². The van der Waals surface area contributed by atoms with Gasteiger partial charge in [-0.05, 0) is 19.1 Å². The highest BCUT2D eigenvalue weighted by molar-refractivity contribution is 5.91. The maximum Gasteiger partial charge on any atom is 0.274 e. The van der Waals surface area contributed by atoms with Gasteiger partial charge in [-0.3, -0.25) is 9.78 Å². The monoisotopic (exact) mass is 231 g/mol. The summed E-state index contributed by atoms with van der Waals surface area (Å²) in [5, 5.41) is 0. The molecule has 0 aromatic carbocycles. The van der Waals surface area contributed by atoms with Crippen molar-refractivity contribution in [3.8, 4) is 0 Å². The zero-order chi connectivity index (χ0) is 12.1. The fraction of sp³-hybridized carbons (Fsp3) is 0.250. The third kappa shape index (κ3) is 2.69. The van der Waals surface area contributed by atoms with Crippen LogP contribution in [0.1, 0.15) is 23.2 Å². The van der Waals surface area contributed by atoms with E-state index in [4.69, 9.17) is 4.42 Å². The largest absolute Gasteiger partial charge is 0.467 e. The molecule has 0 N–H and O–H groups in total. The van der Waals surface area contributed by atoms with E-state index in [9.17, 15) is 4.79 Å². The van der Waals surface area contributed by atoms with Crippen molar-refractivity contribution in [3.63, 3.8) is 0 Å². The Morgan fingerprint density at radius 1 is 1.47 bits per heavy atom. The van der Waals surface area contributed by atoms with Crippen LogP contribution < -0.4 is 0 Å². The third-order valence-electron chi connectivity index (χ3n) is 2.38. The highest BCUT2D eigenvalue weighted by atomic mass is 16.3. The van der Waals surface area contributed by atoms with E-state index in [2.05, 4.69) is 9.97 Å². The van der Waals surface area contributed by atoms with Crippen LogP contribution in [0.15, 0.2) is 41.4 Å². The highest BCUT2D eigenvalue weighted by Crippen LogP contribution is 2.08. The summed E-state index contributed by atoms with van der Waals surface area (Å²) in [6.45, 7) is 2.95. The van der Waals surface area contributed by atoms with Gasteiger partial charge in [0.1, 0.15) is 11.5 Å². The molecule has 0 spiro atoms. The minimum atomic E-state index is -0.142. The Hall–Kier alpha value is -2.17. The molecule has 5 nitrogen and oxygen atoms in total. The molecule has 1 amide bonds. The quantitative estimate of drug-likeness (QED) is 0.804. The fourth-order valence-corrected chi connectivity index (χ4v) is 1.49. The van der Waals surface area contributed by atoms with Crippen LogP contribution in [0.5, 0.6) is 0 Å². The van der Waals surface area contributed by atoms with E-state index in [1.54, 1.807) is 23.4 Å². The molecule has 2 aromatic rings. The molecule has 0 fully saturated rings. The van der Waals surface area contributed by atoms with Crippen LogP contribution in [0.25, 0.3) is 0 Å². The topological polar surface area (TPSA) is 59.2 Å². The number of furan rings is 1. The van der Waals surface area contributed by atoms with Gasteiger partial charge in [0, 0.05) is 18.9 Å². The number of rotatable bonds is 4. The van der Waals surface area contributed by atoms with Crippen LogP contribution in [0.2, 0.25) is 0 Å². The van der Waals surface area contributed by atoms with Crippen LogP contribution in [-0.2, 0) is 6.54 Å². The summed E-state index contributed by atoms with van der Waals surface area (Å²) in [4.78, 5) is 21.6. The number of carbonyl (C=O) groups excluding carboxylic acids is 1. The SMILES string of the molecule is CCN(Cc1ccco1)C(=O)c1cnccn1. The van der Waals surface area contributed by atoms with Crippen molar-refractivity contribution in [2.45, 2.75) is 13.5 Å². The number of hydrogen-bond acceptors (Lipinski definition) is 4. The van der Waals surface area contributed by atoms with Crippen molar-refractivity contribution in [1.29, 1.82) is 0 Å². The van der Waals surface area contributed by atoms with Gasteiger partial charge in [0.05, 0.1) is 19.0 Å². The Morgan fingerprint density at radius 2 is 2.35 bits per heavy atom. The number of nitrogens with zero attached hydrogens (tertiary/aromatic N) is 3. The van der Waals surface area contributed by atoms with Gasteiger partial charge < -0.3 is 9.32 Å². The highest BCUT2D eigenvalue weighted by Gasteiger charge is 2.16. The summed E-state index contributed by atoms with van der Waals surface area (Å²) in [6.07, 6.45) is 6.11. The Morgan fingerprint density at radius 3 is 2.94 bits per heavy atom. The first-order chi connectivity index (χ1) is 8.31. The van der Waals surface area contributed by atoms with Crippen molar-refractivity contribution in [1.82, 2.24) is 14.9 Å². The van der Waals surface area contributed by atoms with E-state index < -0.39 is 0 Å². The zero-order valence-electron chi connectivity index (χ0n) is 9.54. The lowest BCUT2D eigenvalue weighted by molar-refractivity contribution is 0.0735. The summed E-state index contributed by atoms with van der Waals surface area (Å²) >= 11 is 0. The van der Waals surface area contributed by atoms with E-state index in [0.717, 1.165) is 5.76 Å². The third-order valence-corrected chi connectivity index (χ3v) is 2.38. The van der Waals surface area contributed by atoms with Crippen molar-refractivity contribution in [3.05, 3.63) is 48.4 Å². The molecule has 0 aliphatic carbocycles. The molecule has 2 heterocycles. The lowest BCUT2D eigenvalue weighted by Crippen LogP contribution is -2.30. The van der Waals surface area contributed by atoms with Gasteiger partial charge in [-0.1, -0.05) is 0 Å². The molecule has 0 radical (unpaired) electrons. The second kappa shape index (κ2) is 5.25. The number of carbonyl (C=O) groups is 1. The van der Waals surface area contributed by atoms with E-state index in [1.807, 2.05) is 13.0 Å². The Bertz CT molecular complexity index is 468. The Labute approximate surface area is 99.1 Å². The molecule has 17 heavy (non-hydrogen) atoms. The molecule has 0 bridgehead atoms. The molecule has 0 aliphatic rings. The fourth-order valence-electron chi connectivity index (χ4n) is 1.49. The van der Waals surface area contributed by atoms with Gasteiger partial charge in [-0.25, -0.2) is 4.98 Å². The van der Waals surface area contributed by atoms with Crippen LogP contribution >= 0.6 is 0 Å². The summed E-state index contributed by atoms with van der Waals surface area (Å²) < 4.78 is 5.22. The average molecular weight is 231 g/mol. The summed E-state index contributed by atoms with van der Waals surface area (Å²) in [7, 11) is 0. The summed E-state index contributed by atoms with van der Waals surface area (Å²) in [5.74, 6) is 0.612. The van der Waals surface area contributed by atoms with Crippen molar-refractivity contribution in [2.75, 3.05) is 6.54 Å². The predicted molar refractivity (Wildman–Crippen MR) is 61.2 cm³/mol. The number of aromatic nitrogens is 2. The molecule has 0 atom stereocenters. The van der Waals surface area contributed by atoms with E-state index >= 15 is 0 Å². The molecule has 0 unspecified atom stereocenters. The maximum atomic E-state index is 12.1. The van der Waals surface area contributed by atoms with Gasteiger partial charge in [0.25, 0.3) is 5.91 Å². The molecule has 0 aliphatic heterocycles. The molecule has 0 saturated carbocycles. The lowest BCUT2D eigenvalue weighted by Gasteiger charge is -2.18. The first kappa shape index (κ1) is 11.3. The first-order valence-corrected chi connectivity index (χ1v) is 5.39. The molecule has 88 valence electrons. The smallest absolute Gasteiger partial charge is 0.274 e. The molecule has 2 rings (SSSR count). The maximum absolute atomic E-state index is 12.1. The van der Waals surface area contributed by atoms with E-state index in [-0.39, 0.29) is 5.91 Å².